The fourth-order valence-electron chi connectivity index (χ4n) is 8.58. The van der Waals surface area contributed by atoms with Gasteiger partial charge >= 0.3 is 0 Å². The fourth-order valence-corrected chi connectivity index (χ4v) is 8.58. The van der Waals surface area contributed by atoms with Crippen LogP contribution in [0.3, 0.4) is 0 Å². The fraction of sp³-hybridized carbons (Fsp3) is 0. The summed E-state index contributed by atoms with van der Waals surface area (Å²) in [6, 6.07) is 77.1. The van der Waals surface area contributed by atoms with Crippen LogP contribution in [0.2, 0.25) is 0 Å². The van der Waals surface area contributed by atoms with Gasteiger partial charge in [-0.1, -0.05) is 194 Å². The highest BCUT2D eigenvalue weighted by Gasteiger charge is 2.19. The van der Waals surface area contributed by atoms with Gasteiger partial charge in [-0.2, -0.15) is 0 Å². The van der Waals surface area contributed by atoms with Gasteiger partial charge in [0.25, 0.3) is 0 Å². The Morgan fingerprint density at radius 2 is 0.548 bits per heavy atom. The molecule has 0 N–H and O–H groups in total. The van der Waals surface area contributed by atoms with Crippen molar-refractivity contribution in [1.29, 1.82) is 0 Å². The Labute approximate surface area is 360 Å². The number of benzene rings is 9. The van der Waals surface area contributed by atoms with Crippen LogP contribution in [0.15, 0.2) is 231 Å². The van der Waals surface area contributed by atoms with E-state index in [0.717, 1.165) is 55.9 Å². The summed E-state index contributed by atoms with van der Waals surface area (Å²) in [4.78, 5) is 19.1. The van der Waals surface area contributed by atoms with Crippen LogP contribution in [-0.2, 0) is 0 Å². The zero-order chi connectivity index (χ0) is 41.2. The van der Waals surface area contributed by atoms with Gasteiger partial charge < -0.3 is 0 Å². The molecule has 0 saturated carbocycles. The van der Waals surface area contributed by atoms with E-state index in [9.17, 15) is 0 Å². The second kappa shape index (κ2) is 16.0. The van der Waals surface area contributed by atoms with Gasteiger partial charge in [-0.05, 0) is 90.3 Å². The highest BCUT2D eigenvalue weighted by atomic mass is 14.9. The van der Waals surface area contributed by atoms with Gasteiger partial charge in [0.15, 0.2) is 11.6 Å². The second-order valence-corrected chi connectivity index (χ2v) is 15.4. The van der Waals surface area contributed by atoms with Crippen molar-refractivity contribution in [3.63, 3.8) is 0 Å². The van der Waals surface area contributed by atoms with E-state index in [0.29, 0.717) is 11.6 Å². The summed E-state index contributed by atoms with van der Waals surface area (Å²) in [7, 11) is 0. The van der Waals surface area contributed by atoms with Crippen molar-refractivity contribution in [2.24, 2.45) is 0 Å². The van der Waals surface area contributed by atoms with Crippen LogP contribution in [0.4, 0.5) is 0 Å². The van der Waals surface area contributed by atoms with Crippen LogP contribution in [0.1, 0.15) is 0 Å². The molecule has 0 bridgehead atoms. The molecule has 62 heavy (non-hydrogen) atoms. The van der Waals surface area contributed by atoms with E-state index >= 15 is 0 Å². The van der Waals surface area contributed by atoms with Gasteiger partial charge in [-0.25, -0.2) is 19.9 Å². The van der Waals surface area contributed by atoms with Crippen LogP contribution >= 0.6 is 0 Å². The van der Waals surface area contributed by atoms with Crippen molar-refractivity contribution >= 4 is 21.5 Å². The zero-order valence-corrected chi connectivity index (χ0v) is 33.7. The molecule has 4 heteroatoms. The molecule has 2 heterocycles. The molecule has 290 valence electrons. The molecule has 0 radical (unpaired) electrons. The first-order valence-electron chi connectivity index (χ1n) is 20.9. The maximum Gasteiger partial charge on any atom is 0.159 e. The van der Waals surface area contributed by atoms with Crippen LogP contribution in [-0.4, -0.2) is 19.9 Å². The van der Waals surface area contributed by atoms with E-state index in [-0.39, 0.29) is 0 Å². The molecule has 4 nitrogen and oxygen atoms in total. The molecule has 0 aliphatic rings. The standard InChI is InChI=1S/C58H38N4/c1-5-13-41(14-6-1)53-33-35-59-57(61-53)45-25-21-39(22-26-45)47-29-31-49-51(37-47)55(43-17-9-3-10-18-43)50-32-30-48(38-52(50)56(49)44-19-11-4-12-20-44)40-23-27-46(28-24-40)58-60-36-34-54(62-58)42-15-7-2-8-16-42/h1-38H. The molecule has 0 aliphatic carbocycles. The highest BCUT2D eigenvalue weighted by Crippen LogP contribution is 2.46. The van der Waals surface area contributed by atoms with Gasteiger partial charge in [-0.3, -0.25) is 0 Å². The Balaban J connectivity index is 1.02. The maximum atomic E-state index is 4.91. The topological polar surface area (TPSA) is 51.6 Å². The average molecular weight is 791 g/mol. The lowest BCUT2D eigenvalue weighted by Crippen LogP contribution is -1.93. The summed E-state index contributed by atoms with van der Waals surface area (Å²) in [6.07, 6.45) is 3.67. The number of aromatic nitrogens is 4. The Morgan fingerprint density at radius 3 is 0.919 bits per heavy atom. The minimum Gasteiger partial charge on any atom is -0.237 e. The third kappa shape index (κ3) is 7.00. The van der Waals surface area contributed by atoms with E-state index in [1.54, 1.807) is 0 Å². The highest BCUT2D eigenvalue weighted by molar-refractivity contribution is 6.22. The normalized spacial score (nSPS) is 11.2. The number of fused-ring (bicyclic) bond motifs is 2. The minimum atomic E-state index is 0.708. The first-order valence-corrected chi connectivity index (χ1v) is 20.9. The summed E-state index contributed by atoms with van der Waals surface area (Å²) in [5.41, 5.74) is 15.3. The smallest absolute Gasteiger partial charge is 0.159 e. The van der Waals surface area contributed by atoms with Gasteiger partial charge in [0.2, 0.25) is 0 Å². The molecule has 0 saturated heterocycles. The monoisotopic (exact) mass is 790 g/mol. The summed E-state index contributed by atoms with van der Waals surface area (Å²) in [5.74, 6) is 1.42. The largest absolute Gasteiger partial charge is 0.237 e. The van der Waals surface area contributed by atoms with Crippen LogP contribution in [0.5, 0.6) is 0 Å². The number of hydrogen-bond donors (Lipinski definition) is 0. The average Bonchev–Trinajstić information content (AvgIpc) is 3.36. The van der Waals surface area contributed by atoms with Crippen molar-refractivity contribution in [2.45, 2.75) is 0 Å². The lowest BCUT2D eigenvalue weighted by Gasteiger charge is -2.19. The number of nitrogens with zero attached hydrogens (tertiary/aromatic N) is 4. The molecule has 9 aromatic carbocycles. The summed E-state index contributed by atoms with van der Waals surface area (Å²) in [6.45, 7) is 0. The van der Waals surface area contributed by atoms with Gasteiger partial charge in [-0.15, -0.1) is 0 Å². The van der Waals surface area contributed by atoms with Crippen LogP contribution in [0, 0.1) is 0 Å². The van der Waals surface area contributed by atoms with Gasteiger partial charge in [0, 0.05) is 34.6 Å². The molecule has 11 aromatic rings. The summed E-state index contributed by atoms with van der Waals surface area (Å²) < 4.78 is 0. The Kier molecular flexibility index (Phi) is 9.49. The van der Waals surface area contributed by atoms with Crippen molar-refractivity contribution in [3.8, 4) is 89.8 Å². The van der Waals surface area contributed by atoms with E-state index in [2.05, 4.69) is 180 Å². The first kappa shape index (κ1) is 36.7. The lowest BCUT2D eigenvalue weighted by atomic mass is 9.84. The van der Waals surface area contributed by atoms with Gasteiger partial charge in [0.1, 0.15) is 0 Å². The second-order valence-electron chi connectivity index (χ2n) is 15.4. The summed E-state index contributed by atoms with van der Waals surface area (Å²) >= 11 is 0. The number of rotatable bonds is 8. The first-order chi connectivity index (χ1) is 30.7. The quantitative estimate of drug-likeness (QED) is 0.144. The van der Waals surface area contributed by atoms with E-state index < -0.39 is 0 Å². The molecular weight excluding hydrogens is 753 g/mol. The lowest BCUT2D eigenvalue weighted by molar-refractivity contribution is 1.18. The van der Waals surface area contributed by atoms with Crippen LogP contribution in [0.25, 0.3) is 111 Å². The molecule has 0 unspecified atom stereocenters. The maximum absolute atomic E-state index is 4.91. The molecule has 0 spiro atoms. The Hall–Kier alpha value is -8.34. The third-order valence-corrected chi connectivity index (χ3v) is 11.6. The molecule has 0 fully saturated rings. The molecule has 2 aromatic heterocycles. The van der Waals surface area contributed by atoms with E-state index in [1.807, 2.05) is 60.9 Å². The predicted octanol–water partition coefficient (Wildman–Crippen LogP) is 14.9. The summed E-state index contributed by atoms with van der Waals surface area (Å²) in [5, 5.41) is 4.82. The Morgan fingerprint density at radius 1 is 0.226 bits per heavy atom. The molecule has 11 rings (SSSR count). The minimum absolute atomic E-state index is 0.708. The SMILES string of the molecule is c1ccc(-c2ccnc(-c3ccc(-c4ccc5c(-c6ccccc6)c6cc(-c7ccc(-c8nccc(-c9ccccc9)n8)cc7)ccc6c(-c6ccccc6)c5c4)cc3)n2)cc1. The van der Waals surface area contributed by atoms with Crippen molar-refractivity contribution < 1.29 is 0 Å². The van der Waals surface area contributed by atoms with Crippen molar-refractivity contribution in [3.05, 3.63) is 231 Å². The van der Waals surface area contributed by atoms with E-state index in [4.69, 9.17) is 9.97 Å². The molecule has 0 amide bonds. The predicted molar refractivity (Wildman–Crippen MR) is 256 cm³/mol. The third-order valence-electron chi connectivity index (χ3n) is 11.6. The Bertz CT molecular complexity index is 3120. The van der Waals surface area contributed by atoms with Crippen LogP contribution < -0.4 is 0 Å². The number of hydrogen-bond acceptors (Lipinski definition) is 4. The molecule has 0 atom stereocenters. The van der Waals surface area contributed by atoms with Crippen molar-refractivity contribution in [1.82, 2.24) is 19.9 Å². The zero-order valence-electron chi connectivity index (χ0n) is 33.7. The molecule has 0 aliphatic heterocycles. The van der Waals surface area contributed by atoms with Gasteiger partial charge in [0.05, 0.1) is 11.4 Å². The molecular formula is C58H38N4. The van der Waals surface area contributed by atoms with Crippen molar-refractivity contribution in [2.75, 3.05) is 0 Å². The van der Waals surface area contributed by atoms with E-state index in [1.165, 1.54) is 43.8 Å².